The largest absolute Gasteiger partial charge is 0.481 e. The van der Waals surface area contributed by atoms with E-state index < -0.39 is 5.97 Å². The van der Waals surface area contributed by atoms with Crippen LogP contribution < -0.4 is 4.90 Å². The van der Waals surface area contributed by atoms with Crippen molar-refractivity contribution < 1.29 is 14.7 Å². The molecule has 0 aromatic heterocycles. The number of anilines is 1. The number of carboxylic acids is 1. The number of ketones is 1. The molecule has 116 valence electrons. The molecule has 1 aromatic carbocycles. The van der Waals surface area contributed by atoms with Gasteiger partial charge in [0.25, 0.3) is 0 Å². The first-order valence-corrected chi connectivity index (χ1v) is 7.68. The van der Waals surface area contributed by atoms with Gasteiger partial charge in [0.2, 0.25) is 0 Å². The summed E-state index contributed by atoms with van der Waals surface area (Å²) in [5.74, 6) is -0.635. The highest BCUT2D eigenvalue weighted by molar-refractivity contribution is 5.96. The second-order valence-corrected chi connectivity index (χ2v) is 5.10. The third-order valence-corrected chi connectivity index (χ3v) is 3.61. The smallest absolute Gasteiger partial charge is 0.303 e. The lowest BCUT2D eigenvalue weighted by molar-refractivity contribution is -0.137. The number of hydrogen-bond acceptors (Lipinski definition) is 3. The predicted molar refractivity (Wildman–Crippen MR) is 85.1 cm³/mol. The van der Waals surface area contributed by atoms with Gasteiger partial charge < -0.3 is 10.0 Å². The zero-order valence-electron chi connectivity index (χ0n) is 13.0. The van der Waals surface area contributed by atoms with Crippen LogP contribution >= 0.6 is 0 Å². The molecular weight excluding hydrogens is 266 g/mol. The molecule has 0 aliphatic heterocycles. The number of carboxylic acid groups (broad SMARTS) is 1. The van der Waals surface area contributed by atoms with E-state index in [0.29, 0.717) is 12.8 Å². The molecule has 0 spiro atoms. The second-order valence-electron chi connectivity index (χ2n) is 5.10. The van der Waals surface area contributed by atoms with Crippen molar-refractivity contribution in [3.8, 4) is 0 Å². The van der Waals surface area contributed by atoms with Crippen molar-refractivity contribution in [2.75, 3.05) is 18.0 Å². The van der Waals surface area contributed by atoms with Gasteiger partial charge in [-0.1, -0.05) is 6.42 Å². The Morgan fingerprint density at radius 1 is 0.952 bits per heavy atom. The Morgan fingerprint density at radius 3 is 2.05 bits per heavy atom. The van der Waals surface area contributed by atoms with Crippen molar-refractivity contribution in [3.63, 3.8) is 0 Å². The molecule has 0 bridgehead atoms. The van der Waals surface area contributed by atoms with Crippen LogP contribution in [0.3, 0.4) is 0 Å². The number of nitrogens with zero attached hydrogens (tertiary/aromatic N) is 1. The highest BCUT2D eigenvalue weighted by Crippen LogP contribution is 2.16. The Bertz CT molecular complexity index is 450. The number of carbonyl (C=O) groups excluding carboxylic acids is 1. The number of unbranched alkanes of at least 4 members (excludes halogenated alkanes) is 2. The molecule has 0 saturated carbocycles. The van der Waals surface area contributed by atoms with Gasteiger partial charge >= 0.3 is 5.97 Å². The minimum Gasteiger partial charge on any atom is -0.481 e. The molecule has 1 rings (SSSR count). The Balaban J connectivity index is 2.42. The maximum absolute atomic E-state index is 12.0. The summed E-state index contributed by atoms with van der Waals surface area (Å²) in [6.45, 7) is 6.13. The van der Waals surface area contributed by atoms with Crippen LogP contribution in [-0.4, -0.2) is 29.9 Å². The zero-order valence-corrected chi connectivity index (χ0v) is 13.0. The van der Waals surface area contributed by atoms with Crippen LogP contribution in [0.25, 0.3) is 0 Å². The standard InChI is InChI=1S/C17H25NO3/c1-3-18(4-2)15-12-10-14(11-13-15)16(19)8-6-5-7-9-17(20)21/h10-13H,3-9H2,1-2H3,(H,20,21). The van der Waals surface area contributed by atoms with Crippen molar-refractivity contribution in [1.29, 1.82) is 0 Å². The summed E-state index contributed by atoms with van der Waals surface area (Å²) in [4.78, 5) is 24.7. The van der Waals surface area contributed by atoms with Crippen molar-refractivity contribution in [2.24, 2.45) is 0 Å². The van der Waals surface area contributed by atoms with E-state index in [1.807, 2.05) is 24.3 Å². The number of aliphatic carboxylic acids is 1. The van der Waals surface area contributed by atoms with E-state index in [4.69, 9.17) is 5.11 Å². The SMILES string of the molecule is CCN(CC)c1ccc(C(=O)CCCCCC(=O)O)cc1. The van der Waals surface area contributed by atoms with Crippen molar-refractivity contribution in [2.45, 2.75) is 46.0 Å². The molecule has 1 aromatic rings. The van der Waals surface area contributed by atoms with Crippen LogP contribution in [0.1, 0.15) is 56.3 Å². The van der Waals surface area contributed by atoms with Gasteiger partial charge in [-0.05, 0) is 51.0 Å². The molecule has 4 heteroatoms. The van der Waals surface area contributed by atoms with Crippen LogP contribution in [0.4, 0.5) is 5.69 Å². The van der Waals surface area contributed by atoms with E-state index in [2.05, 4.69) is 18.7 Å². The average Bonchev–Trinajstić information content (AvgIpc) is 2.48. The second kappa shape index (κ2) is 9.16. The van der Waals surface area contributed by atoms with Crippen molar-refractivity contribution in [1.82, 2.24) is 0 Å². The van der Waals surface area contributed by atoms with Crippen molar-refractivity contribution in [3.05, 3.63) is 29.8 Å². The summed E-state index contributed by atoms with van der Waals surface area (Å²) in [6.07, 6.45) is 2.86. The maximum Gasteiger partial charge on any atom is 0.303 e. The summed E-state index contributed by atoms with van der Waals surface area (Å²) < 4.78 is 0. The van der Waals surface area contributed by atoms with Crippen LogP contribution in [-0.2, 0) is 4.79 Å². The number of rotatable bonds is 10. The molecule has 0 radical (unpaired) electrons. The maximum atomic E-state index is 12.0. The zero-order chi connectivity index (χ0) is 15.7. The Hall–Kier alpha value is -1.84. The quantitative estimate of drug-likeness (QED) is 0.527. The van der Waals surface area contributed by atoms with Gasteiger partial charge in [0, 0.05) is 37.2 Å². The molecule has 0 amide bonds. The summed E-state index contributed by atoms with van der Waals surface area (Å²) in [7, 11) is 0. The van der Waals surface area contributed by atoms with E-state index in [-0.39, 0.29) is 12.2 Å². The number of carbonyl (C=O) groups is 2. The molecule has 0 aliphatic carbocycles. The van der Waals surface area contributed by atoms with E-state index in [1.165, 1.54) is 0 Å². The first-order valence-electron chi connectivity index (χ1n) is 7.68. The highest BCUT2D eigenvalue weighted by Gasteiger charge is 2.07. The molecule has 0 atom stereocenters. The minimum absolute atomic E-state index is 0.136. The number of Topliss-reactive ketones (excluding diaryl/α,β-unsaturated/α-hetero) is 1. The molecule has 0 heterocycles. The van der Waals surface area contributed by atoms with E-state index in [9.17, 15) is 9.59 Å². The number of hydrogen-bond donors (Lipinski definition) is 1. The minimum atomic E-state index is -0.770. The lowest BCUT2D eigenvalue weighted by atomic mass is 10.0. The fourth-order valence-electron chi connectivity index (χ4n) is 2.33. The molecule has 0 fully saturated rings. The first-order chi connectivity index (χ1) is 10.1. The van der Waals surface area contributed by atoms with Gasteiger partial charge in [0.05, 0.1) is 0 Å². The fraction of sp³-hybridized carbons (Fsp3) is 0.529. The van der Waals surface area contributed by atoms with Crippen LogP contribution in [0.5, 0.6) is 0 Å². The highest BCUT2D eigenvalue weighted by atomic mass is 16.4. The summed E-state index contributed by atoms with van der Waals surface area (Å²) in [5.41, 5.74) is 1.88. The van der Waals surface area contributed by atoms with Gasteiger partial charge in [-0.15, -0.1) is 0 Å². The Labute approximate surface area is 126 Å². The van der Waals surface area contributed by atoms with Gasteiger partial charge in [-0.3, -0.25) is 9.59 Å². The van der Waals surface area contributed by atoms with E-state index in [0.717, 1.165) is 37.2 Å². The Kier molecular flexibility index (Phi) is 7.51. The third kappa shape index (κ3) is 5.98. The van der Waals surface area contributed by atoms with Crippen molar-refractivity contribution >= 4 is 17.4 Å². The number of benzene rings is 1. The first kappa shape index (κ1) is 17.2. The van der Waals surface area contributed by atoms with E-state index in [1.54, 1.807) is 0 Å². The molecule has 1 N–H and O–H groups in total. The molecular formula is C17H25NO3. The Morgan fingerprint density at radius 2 is 1.52 bits per heavy atom. The summed E-state index contributed by atoms with van der Waals surface area (Å²) >= 11 is 0. The van der Waals surface area contributed by atoms with Gasteiger partial charge in [-0.25, -0.2) is 0 Å². The van der Waals surface area contributed by atoms with Crippen LogP contribution in [0.15, 0.2) is 24.3 Å². The summed E-state index contributed by atoms with van der Waals surface area (Å²) in [5, 5.41) is 8.54. The third-order valence-electron chi connectivity index (χ3n) is 3.61. The molecule has 0 unspecified atom stereocenters. The molecule has 0 saturated heterocycles. The lowest BCUT2D eigenvalue weighted by Crippen LogP contribution is -2.21. The normalized spacial score (nSPS) is 10.4. The summed E-state index contributed by atoms with van der Waals surface area (Å²) in [6, 6.07) is 7.75. The molecule has 4 nitrogen and oxygen atoms in total. The molecule has 0 aliphatic rings. The van der Waals surface area contributed by atoms with Gasteiger partial charge in [-0.2, -0.15) is 0 Å². The fourth-order valence-corrected chi connectivity index (χ4v) is 2.33. The lowest BCUT2D eigenvalue weighted by Gasteiger charge is -2.21. The van der Waals surface area contributed by atoms with Crippen LogP contribution in [0.2, 0.25) is 0 Å². The topological polar surface area (TPSA) is 57.6 Å². The van der Waals surface area contributed by atoms with Gasteiger partial charge in [0.1, 0.15) is 0 Å². The predicted octanol–water partition coefficient (Wildman–Crippen LogP) is 3.75. The molecule has 21 heavy (non-hydrogen) atoms. The van der Waals surface area contributed by atoms with Crippen LogP contribution in [0, 0.1) is 0 Å². The average molecular weight is 291 g/mol. The van der Waals surface area contributed by atoms with E-state index >= 15 is 0 Å². The van der Waals surface area contributed by atoms with Gasteiger partial charge in [0.15, 0.2) is 5.78 Å². The monoisotopic (exact) mass is 291 g/mol.